The van der Waals surface area contributed by atoms with Gasteiger partial charge in [-0.3, -0.25) is 4.79 Å². The highest BCUT2D eigenvalue weighted by Gasteiger charge is 2.68. The van der Waals surface area contributed by atoms with Crippen molar-refractivity contribution in [2.24, 2.45) is 39.9 Å². The first-order valence-corrected chi connectivity index (χ1v) is 13.1. The zero-order valence-electron chi connectivity index (χ0n) is 21.8. The Morgan fingerprint density at radius 2 is 1.83 bits per heavy atom. The van der Waals surface area contributed by atoms with E-state index < -0.39 is 35.2 Å². The molecule has 196 valence electrons. The van der Waals surface area contributed by atoms with Crippen LogP contribution in [-0.2, 0) is 14.3 Å². The van der Waals surface area contributed by atoms with E-state index >= 15 is 0 Å². The Kier molecular flexibility index (Phi) is 6.86. The van der Waals surface area contributed by atoms with Crippen LogP contribution in [0.4, 0.5) is 9.59 Å². The second kappa shape index (κ2) is 9.18. The predicted molar refractivity (Wildman–Crippen MR) is 130 cm³/mol. The molecule has 1 unspecified atom stereocenters. The first-order valence-electron chi connectivity index (χ1n) is 13.1. The molecule has 1 heterocycles. The van der Waals surface area contributed by atoms with Gasteiger partial charge in [0.2, 0.25) is 0 Å². The highest BCUT2D eigenvalue weighted by atomic mass is 16.6. The number of carbonyl (C=O) groups is 3. The lowest BCUT2D eigenvalue weighted by Crippen LogP contribution is -2.63. The van der Waals surface area contributed by atoms with Gasteiger partial charge >= 0.3 is 12.2 Å². The van der Waals surface area contributed by atoms with Crippen LogP contribution >= 0.6 is 0 Å². The van der Waals surface area contributed by atoms with Crippen molar-refractivity contribution in [2.45, 2.75) is 85.0 Å². The lowest BCUT2D eigenvalue weighted by molar-refractivity contribution is -0.191. The molecule has 0 aromatic heterocycles. The van der Waals surface area contributed by atoms with Crippen molar-refractivity contribution >= 4 is 18.0 Å². The first kappa shape index (κ1) is 26.1. The van der Waals surface area contributed by atoms with Crippen molar-refractivity contribution in [1.29, 1.82) is 0 Å². The quantitative estimate of drug-likeness (QED) is 0.515. The third-order valence-corrected chi connectivity index (χ3v) is 10.5. The summed E-state index contributed by atoms with van der Waals surface area (Å²) >= 11 is 0. The van der Waals surface area contributed by atoms with Crippen molar-refractivity contribution in [3.63, 3.8) is 0 Å². The standard InChI is InChI=1S/C27H42N2O6/c1-7-25(5)12-20(35-24(33)29-23(32)34-19-14-28-13-15(19)2)26(6)16(3)8-10-27(17(4)22(25)31)11-9-18(30)21(26)27/h7,15-17,19-22,28,31H,1,8-14H2,2-6H3,(H,29,32,33)/t15-,16?,17-,19-,20+,21-,22-,25+,26+,27-/m0/s1. The van der Waals surface area contributed by atoms with Crippen LogP contribution < -0.4 is 10.6 Å². The zero-order valence-corrected chi connectivity index (χ0v) is 21.8. The van der Waals surface area contributed by atoms with Crippen molar-refractivity contribution < 1.29 is 29.0 Å². The molecule has 4 rings (SSSR count). The summed E-state index contributed by atoms with van der Waals surface area (Å²) in [6.07, 6.45) is 1.59. The van der Waals surface area contributed by atoms with Crippen molar-refractivity contribution in [1.82, 2.24) is 10.6 Å². The van der Waals surface area contributed by atoms with Crippen LogP contribution in [0.3, 0.4) is 0 Å². The second-order valence-corrected chi connectivity index (χ2v) is 12.2. The Balaban J connectivity index is 1.64. The number of alkyl carbamates (subject to hydrolysis) is 2. The van der Waals surface area contributed by atoms with Crippen LogP contribution in [0.25, 0.3) is 0 Å². The number of carbonyl (C=O) groups excluding carboxylic acids is 3. The molecule has 3 aliphatic carbocycles. The van der Waals surface area contributed by atoms with E-state index in [0.29, 0.717) is 19.4 Å². The summed E-state index contributed by atoms with van der Waals surface area (Å²) in [5.41, 5.74) is -1.70. The summed E-state index contributed by atoms with van der Waals surface area (Å²) in [5.74, 6) is 0.0573. The minimum Gasteiger partial charge on any atom is -0.445 e. The van der Waals surface area contributed by atoms with Gasteiger partial charge in [0.25, 0.3) is 0 Å². The molecule has 4 aliphatic rings. The third kappa shape index (κ3) is 4.10. The van der Waals surface area contributed by atoms with E-state index in [1.807, 2.05) is 13.8 Å². The van der Waals surface area contributed by atoms with E-state index in [-0.39, 0.29) is 41.0 Å². The average molecular weight is 491 g/mol. The van der Waals surface area contributed by atoms with Gasteiger partial charge in [-0.2, -0.15) is 0 Å². The van der Waals surface area contributed by atoms with Gasteiger partial charge in [-0.1, -0.05) is 40.7 Å². The molecule has 3 saturated carbocycles. The Morgan fingerprint density at radius 1 is 1.14 bits per heavy atom. The molecule has 35 heavy (non-hydrogen) atoms. The van der Waals surface area contributed by atoms with Gasteiger partial charge < -0.3 is 19.9 Å². The Bertz CT molecular complexity index is 893. The number of amides is 2. The van der Waals surface area contributed by atoms with Crippen molar-refractivity contribution in [2.75, 3.05) is 13.1 Å². The van der Waals surface area contributed by atoms with Crippen LogP contribution in [0, 0.1) is 39.9 Å². The van der Waals surface area contributed by atoms with Gasteiger partial charge in [0, 0.05) is 42.2 Å². The number of rotatable bonds is 3. The van der Waals surface area contributed by atoms with Gasteiger partial charge in [0.15, 0.2) is 0 Å². The molecule has 4 fully saturated rings. The Hall–Kier alpha value is -1.93. The smallest absolute Gasteiger partial charge is 0.416 e. The van der Waals surface area contributed by atoms with Gasteiger partial charge in [-0.15, -0.1) is 6.58 Å². The first-order chi connectivity index (χ1) is 16.4. The van der Waals surface area contributed by atoms with Crippen LogP contribution in [0.1, 0.15) is 66.7 Å². The maximum Gasteiger partial charge on any atom is 0.416 e. The summed E-state index contributed by atoms with van der Waals surface area (Å²) in [7, 11) is 0. The molecule has 2 bridgehead atoms. The van der Waals surface area contributed by atoms with Crippen LogP contribution in [0.2, 0.25) is 0 Å². The summed E-state index contributed by atoms with van der Waals surface area (Å²) in [4.78, 5) is 38.8. The number of aliphatic hydroxyl groups is 1. The minimum atomic E-state index is -0.886. The Morgan fingerprint density at radius 3 is 2.46 bits per heavy atom. The molecule has 2 amide bonds. The summed E-state index contributed by atoms with van der Waals surface area (Å²) < 4.78 is 11.4. The fourth-order valence-corrected chi connectivity index (χ4v) is 7.85. The highest BCUT2D eigenvalue weighted by Crippen LogP contribution is 2.67. The highest BCUT2D eigenvalue weighted by molar-refractivity contribution is 5.88. The molecule has 0 radical (unpaired) electrons. The van der Waals surface area contributed by atoms with Crippen LogP contribution in [0.5, 0.6) is 0 Å². The van der Waals surface area contributed by atoms with E-state index in [2.05, 4.69) is 38.0 Å². The second-order valence-electron chi connectivity index (χ2n) is 12.2. The third-order valence-electron chi connectivity index (χ3n) is 10.5. The molecule has 0 aromatic carbocycles. The number of ketones is 1. The maximum absolute atomic E-state index is 13.4. The monoisotopic (exact) mass is 490 g/mol. The SMILES string of the molecule is C=C[C@]1(C)C[C@@H](OC(=O)NC(=O)O[C@H]2CNC[C@@H]2C)[C@@]2(C)C(C)CC[C@]3(CCC(=O)[C@H]32)[C@@H](C)[C@@H]1O. The summed E-state index contributed by atoms with van der Waals surface area (Å²) in [6, 6.07) is 0. The molecular formula is C27H42N2O6. The molecule has 8 heteroatoms. The van der Waals surface area contributed by atoms with E-state index in [0.717, 1.165) is 25.8 Å². The zero-order chi connectivity index (χ0) is 25.8. The van der Waals surface area contributed by atoms with Gasteiger partial charge in [0.1, 0.15) is 18.0 Å². The van der Waals surface area contributed by atoms with Crippen molar-refractivity contribution in [3.05, 3.63) is 12.7 Å². The fourth-order valence-electron chi connectivity index (χ4n) is 7.85. The molecule has 1 aliphatic heterocycles. The van der Waals surface area contributed by atoms with Gasteiger partial charge in [0.05, 0.1) is 6.10 Å². The normalized spacial score (nSPS) is 47.3. The number of hydrogen-bond donors (Lipinski definition) is 3. The molecule has 3 N–H and O–H groups in total. The molecule has 8 nitrogen and oxygen atoms in total. The van der Waals surface area contributed by atoms with E-state index in [1.165, 1.54) is 0 Å². The molecule has 1 saturated heterocycles. The van der Waals surface area contributed by atoms with Gasteiger partial charge in [-0.05, 0) is 42.9 Å². The number of hydrogen-bond acceptors (Lipinski definition) is 7. The number of ether oxygens (including phenoxy) is 2. The largest absolute Gasteiger partial charge is 0.445 e. The fraction of sp³-hybridized carbons (Fsp3) is 0.815. The van der Waals surface area contributed by atoms with Crippen molar-refractivity contribution in [3.8, 4) is 0 Å². The number of imide groups is 1. The topological polar surface area (TPSA) is 114 Å². The lowest BCUT2D eigenvalue weighted by atomic mass is 9.44. The number of Topliss-reactive ketones (excluding diaryl/α,β-unsaturated/α-hetero) is 1. The number of aliphatic hydroxyl groups excluding tert-OH is 1. The minimum absolute atomic E-state index is 0.0967. The number of nitrogens with one attached hydrogen (secondary N) is 2. The van der Waals surface area contributed by atoms with Crippen LogP contribution in [0.15, 0.2) is 12.7 Å². The molecular weight excluding hydrogens is 448 g/mol. The van der Waals surface area contributed by atoms with Gasteiger partial charge in [-0.25, -0.2) is 14.9 Å². The molecule has 0 aromatic rings. The molecule has 10 atom stereocenters. The lowest BCUT2D eigenvalue weighted by Gasteiger charge is -2.61. The van der Waals surface area contributed by atoms with E-state index in [4.69, 9.17) is 9.47 Å². The summed E-state index contributed by atoms with van der Waals surface area (Å²) in [6.45, 7) is 15.5. The van der Waals surface area contributed by atoms with E-state index in [1.54, 1.807) is 6.08 Å². The Labute approximate surface area is 208 Å². The van der Waals surface area contributed by atoms with E-state index in [9.17, 15) is 19.5 Å². The predicted octanol–water partition coefficient (Wildman–Crippen LogP) is 3.82. The maximum atomic E-state index is 13.4. The average Bonchev–Trinajstić information content (AvgIpc) is 3.37. The summed E-state index contributed by atoms with van der Waals surface area (Å²) in [5, 5.41) is 16.9. The molecule has 0 spiro atoms. The van der Waals surface area contributed by atoms with Crippen LogP contribution in [-0.4, -0.2) is 54.5 Å².